The Bertz CT molecular complexity index is 1280. The third-order valence-electron chi connectivity index (χ3n) is 5.31. The first-order valence-electron chi connectivity index (χ1n) is 10.8. The van der Waals surface area contributed by atoms with Crippen LogP contribution < -0.4 is 5.32 Å². The predicted octanol–water partition coefficient (Wildman–Crippen LogP) is 6.17. The SMILES string of the molecule is Cc1ccc(-c2nnc(SCC(=O)Nc3ccc(C)cc3C)nc2-c2ccc(C)cc2)cc1. The highest BCUT2D eigenvalue weighted by Gasteiger charge is 2.15. The number of carbonyl (C=O) groups is 1. The van der Waals surface area contributed by atoms with E-state index in [9.17, 15) is 4.79 Å². The number of hydrogen-bond acceptors (Lipinski definition) is 5. The monoisotopic (exact) mass is 454 g/mol. The highest BCUT2D eigenvalue weighted by atomic mass is 32.2. The molecular formula is C27H26N4OS. The molecule has 0 saturated heterocycles. The molecule has 1 heterocycles. The normalized spacial score (nSPS) is 10.8. The molecule has 0 fully saturated rings. The lowest BCUT2D eigenvalue weighted by Crippen LogP contribution is -2.15. The zero-order valence-electron chi connectivity index (χ0n) is 19.2. The fourth-order valence-electron chi connectivity index (χ4n) is 3.46. The van der Waals surface area contributed by atoms with Gasteiger partial charge >= 0.3 is 0 Å². The maximum atomic E-state index is 12.5. The number of benzene rings is 3. The highest BCUT2D eigenvalue weighted by Crippen LogP contribution is 2.30. The first-order valence-corrected chi connectivity index (χ1v) is 11.8. The molecule has 0 saturated carbocycles. The van der Waals surface area contributed by atoms with Crippen molar-refractivity contribution in [3.63, 3.8) is 0 Å². The van der Waals surface area contributed by atoms with Gasteiger partial charge in [0, 0.05) is 16.8 Å². The highest BCUT2D eigenvalue weighted by molar-refractivity contribution is 7.99. The molecule has 5 nitrogen and oxygen atoms in total. The summed E-state index contributed by atoms with van der Waals surface area (Å²) in [5, 5.41) is 12.2. The Morgan fingerprint density at radius 1 is 0.758 bits per heavy atom. The van der Waals surface area contributed by atoms with Gasteiger partial charge in [-0.05, 0) is 39.3 Å². The summed E-state index contributed by atoms with van der Waals surface area (Å²) in [6, 6.07) is 22.3. The summed E-state index contributed by atoms with van der Waals surface area (Å²) >= 11 is 1.28. The second kappa shape index (κ2) is 9.96. The summed E-state index contributed by atoms with van der Waals surface area (Å²) in [4.78, 5) is 17.3. The molecule has 0 unspecified atom stereocenters. The van der Waals surface area contributed by atoms with Gasteiger partial charge in [-0.15, -0.1) is 10.2 Å². The van der Waals surface area contributed by atoms with E-state index in [2.05, 4.69) is 53.6 Å². The Morgan fingerprint density at radius 2 is 1.33 bits per heavy atom. The van der Waals surface area contributed by atoms with E-state index in [4.69, 9.17) is 4.98 Å². The number of rotatable bonds is 6. The second-order valence-electron chi connectivity index (χ2n) is 8.18. The van der Waals surface area contributed by atoms with Gasteiger partial charge in [-0.1, -0.05) is 89.1 Å². The largest absolute Gasteiger partial charge is 0.325 e. The van der Waals surface area contributed by atoms with E-state index in [1.165, 1.54) is 22.9 Å². The number of nitrogens with zero attached hydrogens (tertiary/aromatic N) is 3. The van der Waals surface area contributed by atoms with Crippen LogP contribution in [0.2, 0.25) is 0 Å². The van der Waals surface area contributed by atoms with Crippen LogP contribution in [0.25, 0.3) is 22.5 Å². The van der Waals surface area contributed by atoms with Crippen molar-refractivity contribution in [1.82, 2.24) is 15.2 Å². The molecule has 0 aliphatic heterocycles. The van der Waals surface area contributed by atoms with Crippen molar-refractivity contribution in [1.29, 1.82) is 0 Å². The molecule has 1 aromatic heterocycles. The molecule has 33 heavy (non-hydrogen) atoms. The number of anilines is 1. The Hall–Kier alpha value is -3.51. The van der Waals surface area contributed by atoms with Crippen LogP contribution in [0.1, 0.15) is 22.3 Å². The lowest BCUT2D eigenvalue weighted by molar-refractivity contribution is -0.113. The van der Waals surface area contributed by atoms with Gasteiger partial charge in [-0.3, -0.25) is 4.79 Å². The Balaban J connectivity index is 1.57. The summed E-state index contributed by atoms with van der Waals surface area (Å²) in [6.45, 7) is 8.13. The number of nitrogens with one attached hydrogen (secondary N) is 1. The molecule has 4 aromatic rings. The predicted molar refractivity (Wildman–Crippen MR) is 135 cm³/mol. The van der Waals surface area contributed by atoms with E-state index in [0.29, 0.717) is 5.16 Å². The van der Waals surface area contributed by atoms with Crippen molar-refractivity contribution in [3.8, 4) is 22.5 Å². The molecule has 0 spiro atoms. The maximum absolute atomic E-state index is 12.5. The summed E-state index contributed by atoms with van der Waals surface area (Å²) in [5.74, 6) is 0.0988. The lowest BCUT2D eigenvalue weighted by atomic mass is 10.0. The Morgan fingerprint density at radius 3 is 1.94 bits per heavy atom. The van der Waals surface area contributed by atoms with E-state index >= 15 is 0 Å². The smallest absolute Gasteiger partial charge is 0.234 e. The number of aryl methyl sites for hydroxylation is 4. The first kappa shape index (κ1) is 22.7. The van der Waals surface area contributed by atoms with Crippen molar-refractivity contribution in [2.45, 2.75) is 32.9 Å². The van der Waals surface area contributed by atoms with Crippen molar-refractivity contribution >= 4 is 23.4 Å². The maximum Gasteiger partial charge on any atom is 0.234 e. The number of carbonyl (C=O) groups excluding carboxylic acids is 1. The van der Waals surface area contributed by atoms with Crippen LogP contribution in [0.15, 0.2) is 71.9 Å². The van der Waals surface area contributed by atoms with Gasteiger partial charge in [0.1, 0.15) is 11.4 Å². The Labute approximate surface area is 198 Å². The van der Waals surface area contributed by atoms with Crippen LogP contribution in [0.4, 0.5) is 5.69 Å². The standard InChI is InChI=1S/C27H26N4OS/c1-17-5-10-21(11-6-17)25-26(22-12-7-18(2)8-13-22)30-31-27(29-25)33-16-24(32)28-23-14-9-19(3)15-20(23)4/h5-15H,16H2,1-4H3,(H,28,32). The molecule has 0 atom stereocenters. The van der Waals surface area contributed by atoms with Gasteiger partial charge in [0.25, 0.3) is 0 Å². The lowest BCUT2D eigenvalue weighted by Gasteiger charge is -2.11. The van der Waals surface area contributed by atoms with Gasteiger partial charge in [-0.25, -0.2) is 4.98 Å². The molecule has 0 radical (unpaired) electrons. The fourth-order valence-corrected chi connectivity index (χ4v) is 4.05. The molecule has 0 aliphatic carbocycles. The van der Waals surface area contributed by atoms with E-state index in [1.54, 1.807) is 0 Å². The van der Waals surface area contributed by atoms with Crippen molar-refractivity contribution < 1.29 is 4.79 Å². The quantitative estimate of drug-likeness (QED) is 0.353. The van der Waals surface area contributed by atoms with Gasteiger partial charge in [0.15, 0.2) is 0 Å². The number of hydrogen-bond donors (Lipinski definition) is 1. The van der Waals surface area contributed by atoms with E-state index in [1.807, 2.05) is 56.3 Å². The summed E-state index contributed by atoms with van der Waals surface area (Å²) < 4.78 is 0. The first-order chi connectivity index (χ1) is 15.9. The van der Waals surface area contributed by atoms with Crippen LogP contribution in [-0.2, 0) is 4.79 Å². The average Bonchev–Trinajstić information content (AvgIpc) is 2.80. The van der Waals surface area contributed by atoms with Crippen LogP contribution in [0.5, 0.6) is 0 Å². The molecule has 3 aromatic carbocycles. The van der Waals surface area contributed by atoms with Gasteiger partial charge in [0.05, 0.1) is 5.75 Å². The third kappa shape index (κ3) is 5.65. The van der Waals surface area contributed by atoms with Crippen LogP contribution in [-0.4, -0.2) is 26.8 Å². The minimum Gasteiger partial charge on any atom is -0.325 e. The third-order valence-corrected chi connectivity index (χ3v) is 6.14. The molecule has 4 rings (SSSR count). The zero-order valence-corrected chi connectivity index (χ0v) is 20.0. The average molecular weight is 455 g/mol. The minimum atomic E-state index is -0.102. The van der Waals surface area contributed by atoms with Crippen LogP contribution in [0.3, 0.4) is 0 Å². The summed E-state index contributed by atoms with van der Waals surface area (Å²) in [7, 11) is 0. The number of amides is 1. The molecule has 0 aliphatic rings. The molecule has 0 bridgehead atoms. The molecule has 1 N–H and O–H groups in total. The van der Waals surface area contributed by atoms with E-state index < -0.39 is 0 Å². The number of aromatic nitrogens is 3. The van der Waals surface area contributed by atoms with E-state index in [0.717, 1.165) is 39.3 Å². The van der Waals surface area contributed by atoms with Gasteiger partial charge < -0.3 is 5.32 Å². The van der Waals surface area contributed by atoms with Crippen molar-refractivity contribution in [3.05, 3.63) is 89.0 Å². The topological polar surface area (TPSA) is 67.8 Å². The fraction of sp³-hybridized carbons (Fsp3) is 0.185. The second-order valence-corrected chi connectivity index (χ2v) is 9.12. The van der Waals surface area contributed by atoms with Gasteiger partial charge in [0.2, 0.25) is 11.1 Å². The van der Waals surface area contributed by atoms with Crippen molar-refractivity contribution in [2.24, 2.45) is 0 Å². The Kier molecular flexibility index (Phi) is 6.84. The number of thioether (sulfide) groups is 1. The minimum absolute atomic E-state index is 0.102. The summed E-state index contributed by atoms with van der Waals surface area (Å²) in [5.41, 5.74) is 8.78. The van der Waals surface area contributed by atoms with Crippen molar-refractivity contribution in [2.75, 3.05) is 11.1 Å². The molecular weight excluding hydrogens is 428 g/mol. The zero-order chi connectivity index (χ0) is 23.4. The van der Waals surface area contributed by atoms with Crippen LogP contribution in [0, 0.1) is 27.7 Å². The van der Waals surface area contributed by atoms with Gasteiger partial charge in [-0.2, -0.15) is 0 Å². The molecule has 6 heteroatoms. The summed E-state index contributed by atoms with van der Waals surface area (Å²) in [6.07, 6.45) is 0. The molecule has 166 valence electrons. The molecule has 1 amide bonds. The van der Waals surface area contributed by atoms with E-state index in [-0.39, 0.29) is 11.7 Å². The van der Waals surface area contributed by atoms with Crippen LogP contribution >= 0.6 is 11.8 Å².